The number of hydrogen-bond donors (Lipinski definition) is 0. The molecule has 0 bridgehead atoms. The molecule has 2 atom stereocenters. The van der Waals surface area contributed by atoms with Crippen LogP contribution in [-0.4, -0.2) is 70.0 Å². The molecule has 63 heavy (non-hydrogen) atoms. The first-order valence-electron chi connectivity index (χ1n) is 26.2. The molecule has 0 aliphatic carbocycles. The summed E-state index contributed by atoms with van der Waals surface area (Å²) in [6.07, 6.45) is 53.1. The summed E-state index contributed by atoms with van der Waals surface area (Å²) in [5, 5.41) is 0. The number of rotatable bonds is 48. The number of ether oxygens (including phenoxy) is 2. The van der Waals surface area contributed by atoms with Crippen LogP contribution in [0.4, 0.5) is 0 Å². The standard InChI is InChI=1S/C53H100NO8P/c1-6-8-10-12-14-16-18-20-22-24-25-26-27-28-29-30-32-34-36-38-40-42-44-46-53(56)62-51(50-61-63(57,58)60-48-47-54(3,4)5)49-59-52(55)45-43-41-39-37-35-33-31-23-21-19-17-15-13-11-9-7-2/h18,20,24-25,27-28,51H,6-17,19,21-23,26,29-50H2,1-5H3/b20-18-,25-24-,28-27-. The molecule has 0 N–H and O–H groups in total. The quantitative estimate of drug-likeness (QED) is 0.0195. The summed E-state index contributed by atoms with van der Waals surface area (Å²) in [6.45, 7) is 4.24. The minimum absolute atomic E-state index is 0.0314. The monoisotopic (exact) mass is 910 g/mol. The van der Waals surface area contributed by atoms with E-state index in [1.807, 2.05) is 21.1 Å². The van der Waals surface area contributed by atoms with Crippen LogP contribution < -0.4 is 4.89 Å². The van der Waals surface area contributed by atoms with Crippen molar-refractivity contribution in [1.29, 1.82) is 0 Å². The van der Waals surface area contributed by atoms with Crippen LogP contribution in [0.3, 0.4) is 0 Å². The van der Waals surface area contributed by atoms with Crippen molar-refractivity contribution in [3.05, 3.63) is 36.5 Å². The minimum atomic E-state index is -4.63. The lowest BCUT2D eigenvalue weighted by Crippen LogP contribution is -2.37. The first kappa shape index (κ1) is 61.2. The van der Waals surface area contributed by atoms with E-state index in [0.717, 1.165) is 57.8 Å². The van der Waals surface area contributed by atoms with Gasteiger partial charge in [0.2, 0.25) is 0 Å². The topological polar surface area (TPSA) is 111 Å². The summed E-state index contributed by atoms with van der Waals surface area (Å²) in [5.74, 6) is -0.833. The van der Waals surface area contributed by atoms with E-state index >= 15 is 0 Å². The van der Waals surface area contributed by atoms with Crippen LogP contribution in [0.2, 0.25) is 0 Å². The van der Waals surface area contributed by atoms with Gasteiger partial charge in [-0.2, -0.15) is 0 Å². The molecule has 0 aliphatic rings. The van der Waals surface area contributed by atoms with Gasteiger partial charge in [0, 0.05) is 12.8 Å². The molecule has 0 rings (SSSR count). The number of carbonyl (C=O) groups is 2. The molecule has 10 heteroatoms. The Morgan fingerprint density at radius 2 is 0.857 bits per heavy atom. The normalized spacial score (nSPS) is 13.7. The molecule has 0 heterocycles. The van der Waals surface area contributed by atoms with E-state index in [1.54, 1.807) is 0 Å². The van der Waals surface area contributed by atoms with Gasteiger partial charge in [-0.1, -0.05) is 211 Å². The average Bonchev–Trinajstić information content (AvgIpc) is 3.24. The average molecular weight is 910 g/mol. The number of esters is 2. The first-order valence-corrected chi connectivity index (χ1v) is 27.7. The maximum Gasteiger partial charge on any atom is 0.306 e. The van der Waals surface area contributed by atoms with E-state index in [9.17, 15) is 19.0 Å². The minimum Gasteiger partial charge on any atom is -0.756 e. The zero-order chi connectivity index (χ0) is 46.4. The molecule has 0 aliphatic heterocycles. The van der Waals surface area contributed by atoms with E-state index in [1.165, 1.54) is 148 Å². The molecule has 0 saturated heterocycles. The third-order valence-corrected chi connectivity index (χ3v) is 12.4. The van der Waals surface area contributed by atoms with Gasteiger partial charge in [0.25, 0.3) is 7.82 Å². The second-order valence-electron chi connectivity index (χ2n) is 18.9. The van der Waals surface area contributed by atoms with Crippen molar-refractivity contribution in [2.45, 2.75) is 245 Å². The van der Waals surface area contributed by atoms with Crippen molar-refractivity contribution in [3.63, 3.8) is 0 Å². The smallest absolute Gasteiger partial charge is 0.306 e. The maximum absolute atomic E-state index is 12.7. The van der Waals surface area contributed by atoms with E-state index in [-0.39, 0.29) is 32.0 Å². The van der Waals surface area contributed by atoms with Crippen LogP contribution in [0.1, 0.15) is 239 Å². The summed E-state index contributed by atoms with van der Waals surface area (Å²) in [4.78, 5) is 37.7. The van der Waals surface area contributed by atoms with Crippen molar-refractivity contribution in [1.82, 2.24) is 0 Å². The summed E-state index contributed by atoms with van der Waals surface area (Å²) in [5.41, 5.74) is 0. The van der Waals surface area contributed by atoms with Gasteiger partial charge in [-0.05, 0) is 51.4 Å². The second-order valence-corrected chi connectivity index (χ2v) is 20.3. The molecule has 0 radical (unpaired) electrons. The van der Waals surface area contributed by atoms with Gasteiger partial charge in [-0.15, -0.1) is 0 Å². The van der Waals surface area contributed by atoms with Gasteiger partial charge in [-0.25, -0.2) is 0 Å². The van der Waals surface area contributed by atoms with Crippen LogP contribution in [0.5, 0.6) is 0 Å². The Balaban J connectivity index is 4.24. The van der Waals surface area contributed by atoms with Gasteiger partial charge in [0.15, 0.2) is 6.10 Å². The second kappa shape index (κ2) is 45.4. The largest absolute Gasteiger partial charge is 0.756 e. The summed E-state index contributed by atoms with van der Waals surface area (Å²) < 4.78 is 34.1. The third-order valence-electron chi connectivity index (χ3n) is 11.4. The summed E-state index contributed by atoms with van der Waals surface area (Å²) >= 11 is 0. The van der Waals surface area contributed by atoms with Gasteiger partial charge in [-0.3, -0.25) is 14.2 Å². The maximum atomic E-state index is 12.7. The van der Waals surface area contributed by atoms with Crippen molar-refractivity contribution in [2.24, 2.45) is 0 Å². The Hall–Kier alpha value is -1.77. The first-order chi connectivity index (χ1) is 30.5. The molecule has 370 valence electrons. The highest BCUT2D eigenvalue weighted by Crippen LogP contribution is 2.38. The van der Waals surface area contributed by atoms with E-state index in [2.05, 4.69) is 50.3 Å². The number of likely N-dealkylation sites (N-methyl/N-ethyl adjacent to an activating group) is 1. The van der Waals surface area contributed by atoms with E-state index in [0.29, 0.717) is 17.4 Å². The lowest BCUT2D eigenvalue weighted by atomic mass is 10.0. The number of allylic oxidation sites excluding steroid dienone is 6. The Labute approximate surface area is 389 Å². The Morgan fingerprint density at radius 3 is 1.27 bits per heavy atom. The van der Waals surface area contributed by atoms with Crippen molar-refractivity contribution >= 4 is 19.8 Å². The van der Waals surface area contributed by atoms with Crippen molar-refractivity contribution in [2.75, 3.05) is 47.5 Å². The van der Waals surface area contributed by atoms with Gasteiger partial charge in [0.05, 0.1) is 27.7 Å². The van der Waals surface area contributed by atoms with Crippen LogP contribution in [0, 0.1) is 0 Å². The highest BCUT2D eigenvalue weighted by molar-refractivity contribution is 7.45. The zero-order valence-corrected chi connectivity index (χ0v) is 42.7. The van der Waals surface area contributed by atoms with Crippen LogP contribution in [-0.2, 0) is 32.7 Å². The molecule has 0 fully saturated rings. The van der Waals surface area contributed by atoms with Gasteiger partial charge >= 0.3 is 11.9 Å². The Kier molecular flexibility index (Phi) is 44.1. The molecule has 0 saturated carbocycles. The number of quaternary nitrogens is 1. The Bertz CT molecular complexity index is 1170. The summed E-state index contributed by atoms with van der Waals surface area (Å²) in [6, 6.07) is 0. The predicted molar refractivity (Wildman–Crippen MR) is 264 cm³/mol. The van der Waals surface area contributed by atoms with Crippen molar-refractivity contribution in [3.8, 4) is 0 Å². The van der Waals surface area contributed by atoms with E-state index < -0.39 is 26.5 Å². The highest BCUT2D eigenvalue weighted by atomic mass is 31.2. The lowest BCUT2D eigenvalue weighted by Gasteiger charge is -2.28. The third kappa shape index (κ3) is 49.5. The van der Waals surface area contributed by atoms with Gasteiger partial charge in [0.1, 0.15) is 19.8 Å². The van der Waals surface area contributed by atoms with Crippen LogP contribution in [0.15, 0.2) is 36.5 Å². The fourth-order valence-electron chi connectivity index (χ4n) is 7.31. The molecule has 9 nitrogen and oxygen atoms in total. The predicted octanol–water partition coefficient (Wildman–Crippen LogP) is 15.0. The molecule has 0 aromatic heterocycles. The number of unbranched alkanes of at least 4 members (excludes halogenated alkanes) is 28. The molecule has 0 amide bonds. The molecule has 0 aromatic carbocycles. The van der Waals surface area contributed by atoms with Crippen molar-refractivity contribution < 1.29 is 42.1 Å². The number of hydrogen-bond acceptors (Lipinski definition) is 8. The molecule has 0 spiro atoms. The fraction of sp³-hybridized carbons (Fsp3) is 0.849. The molecule has 2 unspecified atom stereocenters. The Morgan fingerprint density at radius 1 is 0.492 bits per heavy atom. The molecular weight excluding hydrogens is 810 g/mol. The lowest BCUT2D eigenvalue weighted by molar-refractivity contribution is -0.870. The fourth-order valence-corrected chi connectivity index (χ4v) is 8.04. The van der Waals surface area contributed by atoms with Crippen LogP contribution >= 0.6 is 7.82 Å². The van der Waals surface area contributed by atoms with Crippen LogP contribution in [0.25, 0.3) is 0 Å². The number of phosphoric ester groups is 1. The number of nitrogens with zero attached hydrogens (tertiary/aromatic N) is 1. The molecule has 0 aromatic rings. The number of phosphoric acid groups is 1. The zero-order valence-electron chi connectivity index (χ0n) is 41.8. The highest BCUT2D eigenvalue weighted by Gasteiger charge is 2.21. The number of carbonyl (C=O) groups excluding carboxylic acids is 2. The molecular formula is C53H100NO8P. The SMILES string of the molecule is CCCCCCC/C=C\C/C=C\C/C=C\CCCCCCCCCCC(=O)OC(COC(=O)CCCCCCCCCCCCCCCCCC)COP(=O)([O-])OCC[N+](C)(C)C. The van der Waals surface area contributed by atoms with Gasteiger partial charge < -0.3 is 27.9 Å². The summed E-state index contributed by atoms with van der Waals surface area (Å²) in [7, 11) is 1.17. The van der Waals surface area contributed by atoms with E-state index in [4.69, 9.17) is 18.5 Å².